The van der Waals surface area contributed by atoms with Crippen molar-refractivity contribution in [1.29, 1.82) is 0 Å². The maximum absolute atomic E-state index is 12.1. The van der Waals surface area contributed by atoms with Crippen LogP contribution in [-0.4, -0.2) is 15.0 Å². The normalized spacial score (nSPS) is 10.7. The Bertz CT molecular complexity index is 1110. The maximum atomic E-state index is 12.1. The first-order chi connectivity index (χ1) is 13.3. The van der Waals surface area contributed by atoms with Gasteiger partial charge in [0.25, 0.3) is 5.56 Å². The van der Waals surface area contributed by atoms with Crippen LogP contribution in [0.1, 0.15) is 11.4 Å². The van der Waals surface area contributed by atoms with E-state index in [2.05, 4.69) is 15.0 Å². The van der Waals surface area contributed by atoms with E-state index in [-0.39, 0.29) is 12.2 Å². The fraction of sp³-hybridized carbons (Fsp3) is 0.0952. The molecule has 0 atom stereocenters. The van der Waals surface area contributed by atoms with E-state index in [0.717, 1.165) is 5.56 Å². The number of nitrogens with one attached hydrogen (secondary N) is 1. The van der Waals surface area contributed by atoms with Crippen molar-refractivity contribution in [3.8, 4) is 11.5 Å². The highest BCUT2D eigenvalue weighted by atomic mass is 16.5. The smallest absolute Gasteiger partial charge is 0.258 e. The summed E-state index contributed by atoms with van der Waals surface area (Å²) in [6.07, 6.45) is 3.13. The molecule has 2 aromatic heterocycles. The monoisotopic (exact) mass is 359 g/mol. The Morgan fingerprint density at radius 1 is 0.889 bits per heavy atom. The quantitative estimate of drug-likeness (QED) is 0.570. The fourth-order valence-electron chi connectivity index (χ4n) is 2.65. The lowest BCUT2D eigenvalue weighted by molar-refractivity contribution is 0.284. The van der Waals surface area contributed by atoms with Crippen LogP contribution in [0.3, 0.4) is 0 Å². The summed E-state index contributed by atoms with van der Waals surface area (Å²) in [5.41, 5.74) is 1.43. The second-order valence-electron chi connectivity index (χ2n) is 5.94. The third-order valence-corrected chi connectivity index (χ3v) is 3.99. The third-order valence-electron chi connectivity index (χ3n) is 3.99. The Morgan fingerprint density at radius 3 is 2.48 bits per heavy atom. The molecule has 0 aliphatic carbocycles. The first-order valence-electron chi connectivity index (χ1n) is 8.50. The number of hydrogen-bond donors (Lipinski definition) is 1. The van der Waals surface area contributed by atoms with E-state index in [1.54, 1.807) is 18.5 Å². The van der Waals surface area contributed by atoms with E-state index in [0.29, 0.717) is 34.8 Å². The molecule has 4 aromatic rings. The molecule has 0 spiro atoms. The van der Waals surface area contributed by atoms with Crippen LogP contribution >= 0.6 is 0 Å². The Kier molecular flexibility index (Phi) is 4.78. The Labute approximate surface area is 155 Å². The lowest BCUT2D eigenvalue weighted by atomic mass is 10.2. The van der Waals surface area contributed by atoms with Crippen LogP contribution in [0.25, 0.3) is 10.9 Å². The second kappa shape index (κ2) is 7.70. The summed E-state index contributed by atoms with van der Waals surface area (Å²) in [4.78, 5) is 23.2. The number of aromatic nitrogens is 3. The number of H-pyrrole nitrogens is 1. The van der Waals surface area contributed by atoms with Crippen molar-refractivity contribution in [2.75, 3.05) is 0 Å². The van der Waals surface area contributed by atoms with Gasteiger partial charge in [-0.3, -0.25) is 9.78 Å². The highest BCUT2D eigenvalue weighted by Crippen LogP contribution is 2.21. The number of hydrogen-bond acceptors (Lipinski definition) is 5. The van der Waals surface area contributed by atoms with Crippen molar-refractivity contribution in [3.05, 3.63) is 94.8 Å². The molecule has 27 heavy (non-hydrogen) atoms. The predicted molar refractivity (Wildman–Crippen MR) is 102 cm³/mol. The van der Waals surface area contributed by atoms with Gasteiger partial charge in [0.2, 0.25) is 0 Å². The van der Waals surface area contributed by atoms with Crippen LogP contribution < -0.4 is 15.0 Å². The number of fused-ring (bicyclic) bond motifs is 1. The molecule has 6 heteroatoms. The van der Waals surface area contributed by atoms with Gasteiger partial charge in [-0.25, -0.2) is 4.98 Å². The zero-order valence-corrected chi connectivity index (χ0v) is 14.5. The average molecular weight is 359 g/mol. The molecule has 0 saturated heterocycles. The maximum Gasteiger partial charge on any atom is 0.258 e. The topological polar surface area (TPSA) is 77.1 Å². The minimum atomic E-state index is -0.207. The molecular formula is C21H17N3O3. The molecule has 6 nitrogen and oxygen atoms in total. The van der Waals surface area contributed by atoms with E-state index in [1.807, 2.05) is 54.6 Å². The van der Waals surface area contributed by atoms with Gasteiger partial charge in [-0.15, -0.1) is 0 Å². The minimum Gasteiger partial charge on any atom is -0.489 e. The Morgan fingerprint density at radius 2 is 1.67 bits per heavy atom. The third kappa shape index (κ3) is 4.12. The van der Waals surface area contributed by atoms with Crippen molar-refractivity contribution in [2.45, 2.75) is 13.2 Å². The molecule has 0 fully saturated rings. The SMILES string of the molecule is O=c1[nH]c(COc2cccc(OCc3ccccc3)c2)nc2cnccc12. The van der Waals surface area contributed by atoms with Crippen LogP contribution in [-0.2, 0) is 13.2 Å². The summed E-state index contributed by atoms with van der Waals surface area (Å²) in [6.45, 7) is 0.624. The molecule has 2 heterocycles. The van der Waals surface area contributed by atoms with E-state index in [1.165, 1.54) is 0 Å². The molecule has 134 valence electrons. The molecule has 1 N–H and O–H groups in total. The molecule has 0 radical (unpaired) electrons. The lowest BCUT2D eigenvalue weighted by Crippen LogP contribution is -2.13. The van der Waals surface area contributed by atoms with Crippen LogP contribution in [0.5, 0.6) is 11.5 Å². The van der Waals surface area contributed by atoms with Gasteiger partial charge in [-0.1, -0.05) is 36.4 Å². The van der Waals surface area contributed by atoms with E-state index >= 15 is 0 Å². The summed E-state index contributed by atoms with van der Waals surface area (Å²) in [6, 6.07) is 19.0. The van der Waals surface area contributed by atoms with Gasteiger partial charge in [-0.05, 0) is 23.8 Å². The molecule has 0 unspecified atom stereocenters. The largest absolute Gasteiger partial charge is 0.489 e. The summed E-state index contributed by atoms with van der Waals surface area (Å²) in [5, 5.41) is 0.505. The van der Waals surface area contributed by atoms with E-state index in [9.17, 15) is 4.79 Å². The molecule has 0 aliphatic heterocycles. The molecule has 0 aliphatic rings. The van der Waals surface area contributed by atoms with E-state index in [4.69, 9.17) is 9.47 Å². The van der Waals surface area contributed by atoms with Gasteiger partial charge in [0.05, 0.1) is 17.1 Å². The van der Waals surface area contributed by atoms with Gasteiger partial charge in [0.15, 0.2) is 0 Å². The first kappa shape index (κ1) is 16.8. The Hall–Kier alpha value is -3.67. The van der Waals surface area contributed by atoms with Crippen molar-refractivity contribution in [1.82, 2.24) is 15.0 Å². The number of benzene rings is 2. The minimum absolute atomic E-state index is 0.141. The van der Waals surface area contributed by atoms with Gasteiger partial charge in [0.1, 0.15) is 30.5 Å². The fourth-order valence-corrected chi connectivity index (χ4v) is 2.65. The van der Waals surface area contributed by atoms with Crippen molar-refractivity contribution >= 4 is 10.9 Å². The zero-order valence-electron chi connectivity index (χ0n) is 14.5. The highest BCUT2D eigenvalue weighted by Gasteiger charge is 2.05. The average Bonchev–Trinajstić information content (AvgIpc) is 2.72. The number of pyridine rings is 1. The number of rotatable bonds is 6. The molecular weight excluding hydrogens is 342 g/mol. The van der Waals surface area contributed by atoms with Gasteiger partial charge < -0.3 is 14.5 Å². The Balaban J connectivity index is 1.43. The zero-order chi connectivity index (χ0) is 18.5. The number of ether oxygens (including phenoxy) is 2. The summed E-state index contributed by atoms with van der Waals surface area (Å²) < 4.78 is 11.6. The molecule has 4 rings (SSSR count). The molecule has 0 bridgehead atoms. The van der Waals surface area contributed by atoms with Crippen molar-refractivity contribution in [2.24, 2.45) is 0 Å². The molecule has 0 saturated carbocycles. The van der Waals surface area contributed by atoms with Crippen LogP contribution in [0.15, 0.2) is 77.9 Å². The van der Waals surface area contributed by atoms with Gasteiger partial charge in [-0.2, -0.15) is 0 Å². The summed E-state index contributed by atoms with van der Waals surface area (Å²) in [5.74, 6) is 1.78. The van der Waals surface area contributed by atoms with Gasteiger partial charge in [0, 0.05) is 12.3 Å². The van der Waals surface area contributed by atoms with Crippen LogP contribution in [0.4, 0.5) is 0 Å². The predicted octanol–water partition coefficient (Wildman–Crippen LogP) is 3.48. The standard InChI is InChI=1S/C21H17N3O3/c25-21-18-9-10-22-12-19(18)23-20(24-21)14-27-17-8-4-7-16(11-17)26-13-15-5-2-1-3-6-15/h1-12H,13-14H2,(H,23,24,25). The molecule has 0 amide bonds. The van der Waals surface area contributed by atoms with Crippen LogP contribution in [0, 0.1) is 0 Å². The summed E-state index contributed by atoms with van der Waals surface area (Å²) in [7, 11) is 0. The van der Waals surface area contributed by atoms with Crippen LogP contribution in [0.2, 0.25) is 0 Å². The second-order valence-corrected chi connectivity index (χ2v) is 5.94. The number of aromatic amines is 1. The van der Waals surface area contributed by atoms with Gasteiger partial charge >= 0.3 is 0 Å². The number of nitrogens with zero attached hydrogens (tertiary/aromatic N) is 2. The lowest BCUT2D eigenvalue weighted by Gasteiger charge is -2.10. The van der Waals surface area contributed by atoms with Crippen molar-refractivity contribution < 1.29 is 9.47 Å². The summed E-state index contributed by atoms with van der Waals surface area (Å²) >= 11 is 0. The van der Waals surface area contributed by atoms with Crippen molar-refractivity contribution in [3.63, 3.8) is 0 Å². The molecule has 2 aromatic carbocycles. The first-order valence-corrected chi connectivity index (χ1v) is 8.50. The van der Waals surface area contributed by atoms with E-state index < -0.39 is 0 Å². The highest BCUT2D eigenvalue weighted by molar-refractivity contribution is 5.75.